The topological polar surface area (TPSA) is 41.1 Å². The second kappa shape index (κ2) is 4.45. The molecule has 3 heteroatoms. The predicted octanol–water partition coefficient (Wildman–Crippen LogP) is 0.757. The van der Waals surface area contributed by atoms with Crippen LogP contribution in [0.4, 0.5) is 0 Å². The summed E-state index contributed by atoms with van der Waals surface area (Å²) in [6, 6.07) is 0.425. The lowest BCUT2D eigenvalue weighted by Crippen LogP contribution is -2.43. The number of nitrogens with one attached hydrogen (secondary N) is 2. The van der Waals surface area contributed by atoms with Crippen LogP contribution in [0.3, 0.4) is 0 Å². The smallest absolute Gasteiger partial charge is 0.226 e. The molecule has 0 rings (SSSR count). The molecule has 12 heavy (non-hydrogen) atoms. The number of amides is 1. The molecule has 0 aromatic rings. The molecular weight excluding hydrogens is 152 g/mol. The van der Waals surface area contributed by atoms with Gasteiger partial charge in [0.25, 0.3) is 0 Å². The molecule has 0 spiro atoms. The number of rotatable bonds is 4. The predicted molar refractivity (Wildman–Crippen MR) is 51.0 cm³/mol. The van der Waals surface area contributed by atoms with E-state index >= 15 is 0 Å². The van der Waals surface area contributed by atoms with Gasteiger partial charge in [0.05, 0.1) is 5.41 Å². The second-order valence-electron chi connectivity index (χ2n) is 4.00. The van der Waals surface area contributed by atoms with E-state index in [9.17, 15) is 4.79 Å². The van der Waals surface area contributed by atoms with E-state index in [1.54, 1.807) is 7.05 Å². The van der Waals surface area contributed by atoms with Gasteiger partial charge in [0.2, 0.25) is 5.91 Å². The summed E-state index contributed by atoms with van der Waals surface area (Å²) in [5.41, 5.74) is -0.320. The molecule has 1 amide bonds. The molecule has 0 bridgehead atoms. The van der Waals surface area contributed by atoms with Crippen molar-refractivity contribution < 1.29 is 4.79 Å². The first kappa shape index (κ1) is 11.4. The molecule has 0 aliphatic rings. The van der Waals surface area contributed by atoms with Gasteiger partial charge in [-0.2, -0.15) is 0 Å². The third kappa shape index (κ3) is 3.72. The van der Waals surface area contributed by atoms with Gasteiger partial charge in [0, 0.05) is 19.6 Å². The average molecular weight is 172 g/mol. The van der Waals surface area contributed by atoms with Crippen molar-refractivity contribution in [2.24, 2.45) is 5.41 Å². The fraction of sp³-hybridized carbons (Fsp3) is 0.889. The molecule has 0 aliphatic heterocycles. The number of hydrogen-bond donors (Lipinski definition) is 2. The van der Waals surface area contributed by atoms with Crippen LogP contribution in [0.1, 0.15) is 27.7 Å². The molecule has 0 aromatic heterocycles. The Morgan fingerprint density at radius 3 is 2.25 bits per heavy atom. The van der Waals surface area contributed by atoms with Gasteiger partial charge >= 0.3 is 0 Å². The normalized spacial score (nSPS) is 11.8. The summed E-state index contributed by atoms with van der Waals surface area (Å²) in [4.78, 5) is 11.3. The summed E-state index contributed by atoms with van der Waals surface area (Å²) in [6.07, 6.45) is 0. The van der Waals surface area contributed by atoms with Gasteiger partial charge < -0.3 is 10.6 Å². The molecule has 0 unspecified atom stereocenters. The maximum absolute atomic E-state index is 11.3. The van der Waals surface area contributed by atoms with Gasteiger partial charge in [-0.3, -0.25) is 4.79 Å². The van der Waals surface area contributed by atoms with E-state index in [-0.39, 0.29) is 11.3 Å². The van der Waals surface area contributed by atoms with E-state index in [0.717, 1.165) is 0 Å². The van der Waals surface area contributed by atoms with Gasteiger partial charge in [-0.25, -0.2) is 0 Å². The van der Waals surface area contributed by atoms with Crippen molar-refractivity contribution in [3.05, 3.63) is 0 Å². The zero-order valence-corrected chi connectivity index (χ0v) is 8.69. The van der Waals surface area contributed by atoms with E-state index in [0.29, 0.717) is 12.6 Å². The fourth-order valence-corrected chi connectivity index (χ4v) is 0.878. The molecule has 72 valence electrons. The molecule has 0 fully saturated rings. The highest BCUT2D eigenvalue weighted by atomic mass is 16.2. The first-order chi connectivity index (χ1) is 5.40. The Morgan fingerprint density at radius 2 is 1.92 bits per heavy atom. The summed E-state index contributed by atoms with van der Waals surface area (Å²) in [6.45, 7) is 8.71. The first-order valence-electron chi connectivity index (χ1n) is 4.35. The van der Waals surface area contributed by atoms with Crippen LogP contribution in [0.2, 0.25) is 0 Å². The molecule has 0 saturated heterocycles. The quantitative estimate of drug-likeness (QED) is 0.657. The maximum atomic E-state index is 11.3. The molecule has 0 saturated carbocycles. The Kier molecular flexibility index (Phi) is 4.24. The number of carbonyl (C=O) groups excluding carboxylic acids is 1. The second-order valence-corrected chi connectivity index (χ2v) is 4.00. The molecule has 0 atom stereocenters. The van der Waals surface area contributed by atoms with Crippen LogP contribution in [-0.2, 0) is 4.79 Å². The summed E-state index contributed by atoms with van der Waals surface area (Å²) in [7, 11) is 1.67. The summed E-state index contributed by atoms with van der Waals surface area (Å²) >= 11 is 0. The van der Waals surface area contributed by atoms with Crippen LogP contribution in [0.25, 0.3) is 0 Å². The molecule has 2 N–H and O–H groups in total. The highest BCUT2D eigenvalue weighted by Gasteiger charge is 2.25. The Hall–Kier alpha value is -0.570. The average Bonchev–Trinajstić information content (AvgIpc) is 1.99. The van der Waals surface area contributed by atoms with Crippen molar-refractivity contribution >= 4 is 5.91 Å². The van der Waals surface area contributed by atoms with Gasteiger partial charge in [-0.15, -0.1) is 0 Å². The first-order valence-corrected chi connectivity index (χ1v) is 4.35. The molecule has 3 nitrogen and oxygen atoms in total. The Morgan fingerprint density at radius 1 is 1.42 bits per heavy atom. The maximum Gasteiger partial charge on any atom is 0.226 e. The number of carbonyl (C=O) groups is 1. The van der Waals surface area contributed by atoms with Crippen LogP contribution < -0.4 is 10.6 Å². The third-order valence-corrected chi connectivity index (χ3v) is 1.79. The Bertz CT molecular complexity index is 153. The van der Waals surface area contributed by atoms with Crippen molar-refractivity contribution in [3.63, 3.8) is 0 Å². The van der Waals surface area contributed by atoms with E-state index in [4.69, 9.17) is 0 Å². The Labute approximate surface area is 74.9 Å². The standard InChI is InChI=1S/C9H20N2O/c1-7(2)11-6-9(3,4)8(12)10-5/h7,11H,6H2,1-5H3,(H,10,12). The lowest BCUT2D eigenvalue weighted by atomic mass is 9.92. The van der Waals surface area contributed by atoms with Crippen molar-refractivity contribution in [3.8, 4) is 0 Å². The van der Waals surface area contributed by atoms with Gasteiger partial charge in [0.1, 0.15) is 0 Å². The minimum Gasteiger partial charge on any atom is -0.359 e. The van der Waals surface area contributed by atoms with E-state index in [2.05, 4.69) is 24.5 Å². The van der Waals surface area contributed by atoms with Gasteiger partial charge in [0.15, 0.2) is 0 Å². The van der Waals surface area contributed by atoms with Gasteiger partial charge in [-0.05, 0) is 13.8 Å². The summed E-state index contributed by atoms with van der Waals surface area (Å²) in [5.74, 6) is 0.0793. The highest BCUT2D eigenvalue weighted by molar-refractivity contribution is 5.81. The van der Waals surface area contributed by atoms with E-state index < -0.39 is 0 Å². The minimum atomic E-state index is -0.320. The van der Waals surface area contributed by atoms with Gasteiger partial charge in [-0.1, -0.05) is 13.8 Å². The SMILES string of the molecule is CNC(=O)C(C)(C)CNC(C)C. The van der Waals surface area contributed by atoms with Crippen LogP contribution in [-0.4, -0.2) is 25.5 Å². The molecule has 0 heterocycles. The van der Waals surface area contributed by atoms with Crippen molar-refractivity contribution in [2.45, 2.75) is 33.7 Å². The van der Waals surface area contributed by atoms with Crippen LogP contribution in [0, 0.1) is 5.41 Å². The van der Waals surface area contributed by atoms with E-state index in [1.807, 2.05) is 13.8 Å². The van der Waals surface area contributed by atoms with Crippen molar-refractivity contribution in [1.29, 1.82) is 0 Å². The molecular formula is C9H20N2O. The summed E-state index contributed by atoms with van der Waals surface area (Å²) in [5, 5.41) is 5.89. The zero-order valence-electron chi connectivity index (χ0n) is 8.69. The third-order valence-electron chi connectivity index (χ3n) is 1.79. The minimum absolute atomic E-state index is 0.0793. The van der Waals surface area contributed by atoms with Crippen molar-refractivity contribution in [1.82, 2.24) is 10.6 Å². The monoisotopic (exact) mass is 172 g/mol. The van der Waals surface area contributed by atoms with Crippen LogP contribution in [0.5, 0.6) is 0 Å². The molecule has 0 aliphatic carbocycles. The number of hydrogen-bond acceptors (Lipinski definition) is 2. The lowest BCUT2D eigenvalue weighted by molar-refractivity contribution is -0.128. The van der Waals surface area contributed by atoms with Crippen LogP contribution in [0.15, 0.2) is 0 Å². The molecule has 0 radical (unpaired) electrons. The summed E-state index contributed by atoms with van der Waals surface area (Å²) < 4.78 is 0. The highest BCUT2D eigenvalue weighted by Crippen LogP contribution is 2.13. The zero-order chi connectivity index (χ0) is 9.78. The Balaban J connectivity index is 3.95. The van der Waals surface area contributed by atoms with Crippen LogP contribution >= 0.6 is 0 Å². The van der Waals surface area contributed by atoms with E-state index in [1.165, 1.54) is 0 Å². The molecule has 0 aromatic carbocycles. The lowest BCUT2D eigenvalue weighted by Gasteiger charge is -2.24. The largest absolute Gasteiger partial charge is 0.359 e. The fourth-order valence-electron chi connectivity index (χ4n) is 0.878. The van der Waals surface area contributed by atoms with Crippen molar-refractivity contribution in [2.75, 3.05) is 13.6 Å².